The first-order valence-corrected chi connectivity index (χ1v) is 11.4. The van der Waals surface area contributed by atoms with Crippen molar-refractivity contribution in [1.82, 2.24) is 5.16 Å². The molecule has 5 rings (SSSR count). The molecule has 1 aromatic heterocycles. The Morgan fingerprint density at radius 3 is 2.49 bits per heavy atom. The van der Waals surface area contributed by atoms with Crippen molar-refractivity contribution in [3.05, 3.63) is 95.2 Å². The van der Waals surface area contributed by atoms with Crippen LogP contribution in [-0.4, -0.2) is 22.3 Å². The van der Waals surface area contributed by atoms with E-state index < -0.39 is 18.2 Å². The minimum Gasteiger partial charge on any atom is -0.481 e. The second-order valence-corrected chi connectivity index (χ2v) is 8.59. The second-order valence-electron chi connectivity index (χ2n) is 8.59. The van der Waals surface area contributed by atoms with Crippen LogP contribution >= 0.6 is 0 Å². The highest BCUT2D eigenvalue weighted by molar-refractivity contribution is 5.90. The summed E-state index contributed by atoms with van der Waals surface area (Å²) in [6, 6.07) is 21.4. The van der Waals surface area contributed by atoms with Crippen LogP contribution in [0.15, 0.2) is 77.4 Å². The van der Waals surface area contributed by atoms with Gasteiger partial charge < -0.3 is 14.4 Å². The molecular formula is C28H24N2O5. The number of ether oxygens (including phenoxy) is 1. The summed E-state index contributed by atoms with van der Waals surface area (Å²) in [5.74, 6) is -0.375. The number of amides is 1. The standard InChI is InChI=1S/C28H24N2O5/c1-17(19-5-3-2-4-6-19)34-28(33)30-25-16-29-35-27(25)22-10-12-24-21(15-22)9-8-20-13-18(14-26(31)32)7-11-23(20)24/h2-7,10-13,15-17H,8-9,14H2,1H3,(H,30,33)(H,31,32). The molecule has 0 saturated heterocycles. The molecule has 0 fully saturated rings. The number of carbonyl (C=O) groups excluding carboxylic acids is 1. The molecule has 0 aliphatic heterocycles. The van der Waals surface area contributed by atoms with Crippen LogP contribution in [0.4, 0.5) is 10.5 Å². The number of benzene rings is 3. The Hall–Kier alpha value is -4.39. The molecule has 1 unspecified atom stereocenters. The molecule has 7 heteroatoms. The highest BCUT2D eigenvalue weighted by Gasteiger charge is 2.21. The SMILES string of the molecule is CC(OC(=O)Nc1cnoc1-c1ccc2c(c1)CCc1cc(CC(=O)O)ccc1-2)c1ccccc1. The lowest BCUT2D eigenvalue weighted by atomic mass is 9.83. The highest BCUT2D eigenvalue weighted by Crippen LogP contribution is 2.38. The molecule has 0 spiro atoms. The van der Waals surface area contributed by atoms with Crippen LogP contribution in [0.5, 0.6) is 0 Å². The van der Waals surface area contributed by atoms with Crippen LogP contribution in [0.2, 0.25) is 0 Å². The Morgan fingerprint density at radius 1 is 1.03 bits per heavy atom. The molecule has 1 aliphatic rings. The summed E-state index contributed by atoms with van der Waals surface area (Å²) in [6.45, 7) is 1.81. The first-order chi connectivity index (χ1) is 17.0. The zero-order chi connectivity index (χ0) is 24.4. The van der Waals surface area contributed by atoms with E-state index in [0.29, 0.717) is 11.4 Å². The fourth-order valence-corrected chi connectivity index (χ4v) is 4.50. The van der Waals surface area contributed by atoms with Gasteiger partial charge in [0.2, 0.25) is 0 Å². The van der Waals surface area contributed by atoms with Gasteiger partial charge in [0.1, 0.15) is 11.8 Å². The van der Waals surface area contributed by atoms with Crippen molar-refractivity contribution < 1.29 is 24.0 Å². The van der Waals surface area contributed by atoms with Crippen LogP contribution in [0.25, 0.3) is 22.5 Å². The normalized spacial score (nSPS) is 12.8. The van der Waals surface area contributed by atoms with Gasteiger partial charge in [-0.2, -0.15) is 0 Å². The number of fused-ring (bicyclic) bond motifs is 3. The number of nitrogens with zero attached hydrogens (tertiary/aromatic N) is 1. The Bertz CT molecular complexity index is 1390. The number of carbonyl (C=O) groups is 2. The predicted octanol–water partition coefficient (Wildman–Crippen LogP) is 6.04. The summed E-state index contributed by atoms with van der Waals surface area (Å²) >= 11 is 0. The van der Waals surface area contributed by atoms with E-state index in [9.17, 15) is 9.59 Å². The molecule has 4 aromatic rings. The second kappa shape index (κ2) is 9.46. The monoisotopic (exact) mass is 468 g/mol. The van der Waals surface area contributed by atoms with Gasteiger partial charge in [0.15, 0.2) is 5.76 Å². The van der Waals surface area contributed by atoms with Crippen molar-refractivity contribution in [3.8, 4) is 22.5 Å². The zero-order valence-electron chi connectivity index (χ0n) is 19.2. The van der Waals surface area contributed by atoms with Crippen molar-refractivity contribution in [1.29, 1.82) is 0 Å². The number of aryl methyl sites for hydroxylation is 2. The van der Waals surface area contributed by atoms with Gasteiger partial charge in [-0.1, -0.05) is 65.8 Å². The molecule has 2 N–H and O–H groups in total. The maximum Gasteiger partial charge on any atom is 0.412 e. The van der Waals surface area contributed by atoms with E-state index in [1.165, 1.54) is 6.20 Å². The lowest BCUT2D eigenvalue weighted by Crippen LogP contribution is -2.16. The third-order valence-electron chi connectivity index (χ3n) is 6.21. The van der Waals surface area contributed by atoms with Crippen molar-refractivity contribution in [2.24, 2.45) is 0 Å². The van der Waals surface area contributed by atoms with E-state index in [0.717, 1.165) is 51.8 Å². The molecule has 1 amide bonds. The average Bonchev–Trinajstić information content (AvgIpc) is 3.31. The number of hydrogen-bond acceptors (Lipinski definition) is 5. The smallest absolute Gasteiger partial charge is 0.412 e. The number of carboxylic acids is 1. The van der Waals surface area contributed by atoms with E-state index in [1.807, 2.05) is 73.7 Å². The number of rotatable bonds is 6. The lowest BCUT2D eigenvalue weighted by molar-refractivity contribution is -0.136. The van der Waals surface area contributed by atoms with Crippen molar-refractivity contribution >= 4 is 17.7 Å². The van der Waals surface area contributed by atoms with Crippen LogP contribution < -0.4 is 5.32 Å². The number of hydrogen-bond donors (Lipinski definition) is 2. The van der Waals surface area contributed by atoms with E-state index in [1.54, 1.807) is 0 Å². The maximum absolute atomic E-state index is 12.5. The molecular weight excluding hydrogens is 444 g/mol. The highest BCUT2D eigenvalue weighted by atomic mass is 16.6. The van der Waals surface area contributed by atoms with Crippen molar-refractivity contribution in [2.45, 2.75) is 32.3 Å². The van der Waals surface area contributed by atoms with Gasteiger partial charge in [-0.05, 0) is 59.2 Å². The van der Waals surface area contributed by atoms with Gasteiger partial charge in [-0.25, -0.2) is 4.79 Å². The Balaban J connectivity index is 1.34. The molecule has 0 radical (unpaired) electrons. The van der Waals surface area contributed by atoms with E-state index in [2.05, 4.69) is 10.5 Å². The van der Waals surface area contributed by atoms with Gasteiger partial charge in [0.05, 0.1) is 12.6 Å². The van der Waals surface area contributed by atoms with Gasteiger partial charge in [0, 0.05) is 5.56 Å². The molecule has 1 aliphatic carbocycles. The predicted molar refractivity (Wildman–Crippen MR) is 131 cm³/mol. The van der Waals surface area contributed by atoms with Crippen LogP contribution in [0.1, 0.15) is 35.3 Å². The first-order valence-electron chi connectivity index (χ1n) is 11.4. The van der Waals surface area contributed by atoms with Crippen molar-refractivity contribution in [2.75, 3.05) is 5.32 Å². The molecule has 0 saturated carbocycles. The molecule has 7 nitrogen and oxygen atoms in total. The quantitative estimate of drug-likeness (QED) is 0.357. The van der Waals surface area contributed by atoms with Crippen LogP contribution in [0, 0.1) is 0 Å². The number of nitrogens with one attached hydrogen (secondary N) is 1. The molecule has 35 heavy (non-hydrogen) atoms. The lowest BCUT2D eigenvalue weighted by Gasteiger charge is -2.21. The van der Waals surface area contributed by atoms with E-state index >= 15 is 0 Å². The third-order valence-corrected chi connectivity index (χ3v) is 6.21. The summed E-state index contributed by atoms with van der Waals surface area (Å²) in [7, 11) is 0. The number of aliphatic carboxylic acids is 1. The Kier molecular flexibility index (Phi) is 6.06. The summed E-state index contributed by atoms with van der Waals surface area (Å²) in [5.41, 5.74) is 7.48. The summed E-state index contributed by atoms with van der Waals surface area (Å²) in [5, 5.41) is 15.7. The zero-order valence-corrected chi connectivity index (χ0v) is 19.2. The fraction of sp³-hybridized carbons (Fsp3) is 0.179. The largest absolute Gasteiger partial charge is 0.481 e. The molecule has 0 bridgehead atoms. The summed E-state index contributed by atoms with van der Waals surface area (Å²) in [6.07, 6.45) is 2.13. The van der Waals surface area contributed by atoms with Gasteiger partial charge in [0.25, 0.3) is 0 Å². The molecule has 3 aromatic carbocycles. The van der Waals surface area contributed by atoms with Crippen molar-refractivity contribution in [3.63, 3.8) is 0 Å². The maximum atomic E-state index is 12.5. The minimum atomic E-state index is -0.833. The van der Waals surface area contributed by atoms with Gasteiger partial charge in [-0.15, -0.1) is 0 Å². The number of carboxylic acid groups (broad SMARTS) is 1. The summed E-state index contributed by atoms with van der Waals surface area (Å²) in [4.78, 5) is 23.6. The van der Waals surface area contributed by atoms with Crippen LogP contribution in [-0.2, 0) is 28.8 Å². The van der Waals surface area contributed by atoms with Gasteiger partial charge in [-0.3, -0.25) is 10.1 Å². The summed E-state index contributed by atoms with van der Waals surface area (Å²) < 4.78 is 11.0. The average molecular weight is 469 g/mol. The van der Waals surface area contributed by atoms with Crippen LogP contribution in [0.3, 0.4) is 0 Å². The third kappa shape index (κ3) is 4.80. The van der Waals surface area contributed by atoms with Gasteiger partial charge >= 0.3 is 12.1 Å². The number of anilines is 1. The topological polar surface area (TPSA) is 102 Å². The first kappa shape index (κ1) is 22.4. The fourth-order valence-electron chi connectivity index (χ4n) is 4.50. The van der Waals surface area contributed by atoms with E-state index in [4.69, 9.17) is 14.4 Å². The molecule has 1 atom stereocenters. The molecule has 1 heterocycles. The number of aromatic nitrogens is 1. The van der Waals surface area contributed by atoms with E-state index in [-0.39, 0.29) is 6.42 Å². The minimum absolute atomic E-state index is 0.0207. The molecule has 176 valence electrons. The Labute approximate surface area is 202 Å². The Morgan fingerprint density at radius 2 is 1.74 bits per heavy atom.